The van der Waals surface area contributed by atoms with Crippen molar-refractivity contribution < 1.29 is 18.3 Å². The molecule has 7 heteroatoms. The van der Waals surface area contributed by atoms with Crippen LogP contribution in [0.4, 0.5) is 0 Å². The van der Waals surface area contributed by atoms with Crippen molar-refractivity contribution >= 4 is 16.2 Å². The fraction of sp³-hybridized carbons (Fsp3) is 0.833. The molecule has 1 fully saturated rings. The Bertz CT molecular complexity index is 300. The summed E-state index contributed by atoms with van der Waals surface area (Å²) < 4.78 is 23.4. The maximum Gasteiger partial charge on any atom is 0.308 e. The van der Waals surface area contributed by atoms with E-state index in [0.717, 1.165) is 0 Å². The van der Waals surface area contributed by atoms with Gasteiger partial charge in [0.2, 0.25) is 0 Å². The number of carboxylic acid groups (broad SMARTS) is 1. The molecular formula is C6H12N2O4S. The molecule has 1 saturated carbocycles. The van der Waals surface area contributed by atoms with Gasteiger partial charge in [0.05, 0.1) is 5.92 Å². The van der Waals surface area contributed by atoms with Gasteiger partial charge >= 0.3 is 5.97 Å². The normalized spacial score (nSPS) is 29.0. The van der Waals surface area contributed by atoms with Crippen molar-refractivity contribution in [3.63, 3.8) is 0 Å². The number of nitrogens with two attached hydrogens (primary N) is 1. The minimum atomic E-state index is -3.79. The summed E-state index contributed by atoms with van der Waals surface area (Å²) in [5.74, 6) is -1.61. The van der Waals surface area contributed by atoms with E-state index in [1.54, 1.807) is 0 Å². The third-order valence-electron chi connectivity index (χ3n) is 2.15. The molecule has 1 rings (SSSR count). The summed E-state index contributed by atoms with van der Waals surface area (Å²) in [6.07, 6.45) is 1.75. The van der Waals surface area contributed by atoms with E-state index in [1.165, 1.54) is 0 Å². The molecule has 0 radical (unpaired) electrons. The molecule has 0 aromatic rings. The van der Waals surface area contributed by atoms with Gasteiger partial charge in [0.1, 0.15) is 0 Å². The summed E-state index contributed by atoms with van der Waals surface area (Å²) in [7, 11) is -3.79. The van der Waals surface area contributed by atoms with Crippen LogP contribution in [0.3, 0.4) is 0 Å². The van der Waals surface area contributed by atoms with E-state index in [4.69, 9.17) is 10.2 Å². The molecule has 2 unspecified atom stereocenters. The highest BCUT2D eigenvalue weighted by Gasteiger charge is 2.34. The van der Waals surface area contributed by atoms with Crippen molar-refractivity contribution in [2.45, 2.75) is 25.3 Å². The summed E-state index contributed by atoms with van der Waals surface area (Å²) in [6, 6.07) is -0.549. The van der Waals surface area contributed by atoms with Gasteiger partial charge in [-0.2, -0.15) is 13.1 Å². The average molecular weight is 208 g/mol. The monoisotopic (exact) mass is 208 g/mol. The van der Waals surface area contributed by atoms with Crippen LogP contribution in [0, 0.1) is 5.92 Å². The topological polar surface area (TPSA) is 109 Å². The summed E-state index contributed by atoms with van der Waals surface area (Å²) >= 11 is 0. The lowest BCUT2D eigenvalue weighted by molar-refractivity contribution is -0.141. The number of rotatable bonds is 3. The first-order chi connectivity index (χ1) is 5.90. The number of aliphatic carboxylic acids is 1. The maximum atomic E-state index is 10.6. The Hall–Kier alpha value is -0.660. The van der Waals surface area contributed by atoms with Crippen molar-refractivity contribution in [3.8, 4) is 0 Å². The third-order valence-corrected chi connectivity index (χ3v) is 2.78. The molecule has 1 aliphatic carbocycles. The number of hydrogen-bond acceptors (Lipinski definition) is 3. The minimum Gasteiger partial charge on any atom is -0.481 e. The SMILES string of the molecule is NS(=O)(=O)NC1CCCC1C(=O)O. The van der Waals surface area contributed by atoms with Crippen LogP contribution in [0.15, 0.2) is 0 Å². The Labute approximate surface area is 76.3 Å². The van der Waals surface area contributed by atoms with Crippen LogP contribution in [0.5, 0.6) is 0 Å². The predicted molar refractivity (Wildman–Crippen MR) is 45.0 cm³/mol. The quantitative estimate of drug-likeness (QED) is 0.554. The van der Waals surface area contributed by atoms with Crippen LogP contribution >= 0.6 is 0 Å². The molecule has 6 nitrogen and oxygen atoms in total. The molecule has 0 bridgehead atoms. The molecule has 0 heterocycles. The van der Waals surface area contributed by atoms with Gasteiger partial charge in [-0.1, -0.05) is 6.42 Å². The molecule has 0 saturated heterocycles. The molecule has 76 valence electrons. The van der Waals surface area contributed by atoms with Gasteiger partial charge in [-0.3, -0.25) is 4.79 Å². The predicted octanol–water partition coefficient (Wildman–Crippen LogP) is -0.967. The maximum absolute atomic E-state index is 10.6. The lowest BCUT2D eigenvalue weighted by atomic mass is 10.1. The summed E-state index contributed by atoms with van der Waals surface area (Å²) in [6.45, 7) is 0. The van der Waals surface area contributed by atoms with E-state index in [2.05, 4.69) is 4.72 Å². The van der Waals surface area contributed by atoms with Crippen molar-refractivity contribution in [1.29, 1.82) is 0 Å². The zero-order valence-corrected chi connectivity index (χ0v) is 7.75. The second kappa shape index (κ2) is 3.60. The first-order valence-electron chi connectivity index (χ1n) is 3.93. The Balaban J connectivity index is 2.64. The Morgan fingerprint density at radius 2 is 2.08 bits per heavy atom. The largest absolute Gasteiger partial charge is 0.481 e. The lowest BCUT2D eigenvalue weighted by Crippen LogP contribution is -2.43. The van der Waals surface area contributed by atoms with E-state index in [0.29, 0.717) is 19.3 Å². The van der Waals surface area contributed by atoms with Gasteiger partial charge < -0.3 is 5.11 Å². The number of nitrogens with one attached hydrogen (secondary N) is 1. The van der Waals surface area contributed by atoms with Gasteiger partial charge in [-0.05, 0) is 12.8 Å². The molecule has 1 aliphatic rings. The van der Waals surface area contributed by atoms with E-state index in [1.807, 2.05) is 0 Å². The molecule has 0 aromatic heterocycles. The summed E-state index contributed by atoms with van der Waals surface area (Å²) in [5, 5.41) is 13.5. The zero-order chi connectivity index (χ0) is 10.1. The van der Waals surface area contributed by atoms with Crippen LogP contribution in [-0.4, -0.2) is 25.5 Å². The zero-order valence-electron chi connectivity index (χ0n) is 6.93. The molecule has 0 amide bonds. The molecule has 0 aliphatic heterocycles. The smallest absolute Gasteiger partial charge is 0.308 e. The van der Waals surface area contributed by atoms with Crippen molar-refractivity contribution in [3.05, 3.63) is 0 Å². The molecule has 13 heavy (non-hydrogen) atoms. The molecule has 0 spiro atoms. The van der Waals surface area contributed by atoms with Crippen LogP contribution in [0.2, 0.25) is 0 Å². The Kier molecular flexibility index (Phi) is 2.89. The standard InChI is InChI=1S/C6H12N2O4S/c7-13(11,12)8-5-3-1-2-4(5)6(9)10/h4-5,8H,1-3H2,(H,9,10)(H2,7,11,12). The van der Waals surface area contributed by atoms with E-state index < -0.39 is 28.1 Å². The van der Waals surface area contributed by atoms with Crippen molar-refractivity contribution in [1.82, 2.24) is 4.72 Å². The van der Waals surface area contributed by atoms with E-state index in [9.17, 15) is 13.2 Å². The number of hydrogen-bond donors (Lipinski definition) is 3. The Morgan fingerprint density at radius 3 is 2.54 bits per heavy atom. The van der Waals surface area contributed by atoms with Crippen molar-refractivity contribution in [2.75, 3.05) is 0 Å². The highest BCUT2D eigenvalue weighted by molar-refractivity contribution is 7.87. The van der Waals surface area contributed by atoms with Crippen molar-refractivity contribution in [2.24, 2.45) is 11.1 Å². The summed E-state index contributed by atoms with van der Waals surface area (Å²) in [4.78, 5) is 10.6. The number of carboxylic acids is 1. The highest BCUT2D eigenvalue weighted by Crippen LogP contribution is 2.25. The van der Waals surface area contributed by atoms with Gasteiger partial charge in [0, 0.05) is 6.04 Å². The van der Waals surface area contributed by atoms with Crippen LogP contribution in [0.1, 0.15) is 19.3 Å². The van der Waals surface area contributed by atoms with Gasteiger partial charge in [-0.25, -0.2) is 5.14 Å². The molecule has 4 N–H and O–H groups in total. The second-order valence-electron chi connectivity index (χ2n) is 3.14. The minimum absolute atomic E-state index is 0.502. The lowest BCUT2D eigenvalue weighted by Gasteiger charge is -2.15. The molecule has 0 aromatic carbocycles. The van der Waals surface area contributed by atoms with Gasteiger partial charge in [-0.15, -0.1) is 0 Å². The molecular weight excluding hydrogens is 196 g/mol. The van der Waals surface area contributed by atoms with E-state index >= 15 is 0 Å². The summed E-state index contributed by atoms with van der Waals surface area (Å²) in [5.41, 5.74) is 0. The Morgan fingerprint density at radius 1 is 1.46 bits per heavy atom. The fourth-order valence-corrected chi connectivity index (χ4v) is 2.31. The van der Waals surface area contributed by atoms with Gasteiger partial charge in [0.25, 0.3) is 10.2 Å². The average Bonchev–Trinajstić information content (AvgIpc) is 2.31. The second-order valence-corrected chi connectivity index (χ2v) is 4.47. The molecule has 2 atom stereocenters. The van der Waals surface area contributed by atoms with Gasteiger partial charge in [0.15, 0.2) is 0 Å². The van der Waals surface area contributed by atoms with Crippen LogP contribution in [0.25, 0.3) is 0 Å². The number of carbonyl (C=O) groups is 1. The fourth-order valence-electron chi connectivity index (χ4n) is 1.61. The first-order valence-corrected chi connectivity index (χ1v) is 5.47. The first kappa shape index (κ1) is 10.4. The van der Waals surface area contributed by atoms with Crippen LogP contribution < -0.4 is 9.86 Å². The highest BCUT2D eigenvalue weighted by atomic mass is 32.2. The van der Waals surface area contributed by atoms with Crippen LogP contribution in [-0.2, 0) is 15.0 Å². The van der Waals surface area contributed by atoms with E-state index in [-0.39, 0.29) is 0 Å². The third kappa shape index (κ3) is 2.94.